The summed E-state index contributed by atoms with van der Waals surface area (Å²) in [7, 11) is 1.63. The molecule has 7 nitrogen and oxygen atoms in total. The molecule has 0 bridgehead atoms. The Morgan fingerprint density at radius 1 is 1.10 bits per heavy atom. The van der Waals surface area contributed by atoms with Crippen molar-refractivity contribution >= 4 is 23.2 Å². The number of ether oxygens (including phenoxy) is 1. The Morgan fingerprint density at radius 3 is 2.40 bits per heavy atom. The number of anilines is 2. The Labute approximate surface area is 173 Å². The zero-order chi connectivity index (χ0) is 21.3. The fraction of sp³-hybridized carbons (Fsp3) is 0.174. The first-order valence-corrected chi connectivity index (χ1v) is 9.46. The predicted octanol–water partition coefficient (Wildman–Crippen LogP) is 2.05. The van der Waals surface area contributed by atoms with Gasteiger partial charge in [-0.05, 0) is 12.1 Å². The molecule has 0 saturated carbocycles. The van der Waals surface area contributed by atoms with Crippen molar-refractivity contribution in [3.63, 3.8) is 0 Å². The Morgan fingerprint density at radius 2 is 1.73 bits per heavy atom. The topological polar surface area (TPSA) is 99.7 Å². The van der Waals surface area contributed by atoms with E-state index in [4.69, 9.17) is 10.5 Å². The number of nitriles is 1. The molecule has 5 rings (SSSR count). The highest BCUT2D eigenvalue weighted by atomic mass is 16.5. The lowest BCUT2D eigenvalue weighted by Gasteiger charge is -2.37. The molecule has 0 aliphatic carbocycles. The maximum absolute atomic E-state index is 14.1. The average molecular weight is 398 g/mol. The maximum atomic E-state index is 14.1. The molecule has 3 aliphatic heterocycles. The Balaban J connectivity index is 1.95. The van der Waals surface area contributed by atoms with Crippen molar-refractivity contribution in [1.29, 1.82) is 5.26 Å². The van der Waals surface area contributed by atoms with Gasteiger partial charge in [0.05, 0.1) is 5.69 Å². The summed E-state index contributed by atoms with van der Waals surface area (Å²) in [5, 5.41) is 10.1. The van der Waals surface area contributed by atoms with Gasteiger partial charge in [-0.25, -0.2) is 0 Å². The van der Waals surface area contributed by atoms with Gasteiger partial charge in [0.2, 0.25) is 17.4 Å². The highest BCUT2D eigenvalue weighted by Gasteiger charge is 2.78. The molecule has 0 fully saturated rings. The standard InChI is InChI=1S/C23H18N4O3/c1-3-12-27-18-11-7-4-8-14(18)22(20(27)28)16(13-24)19(25)30-23(22)15-9-5-6-10-17(15)26(2)21(23)29/h3-11H,1,12,25H2,2H3. The van der Waals surface area contributed by atoms with Gasteiger partial charge in [-0.2, -0.15) is 5.26 Å². The number of likely N-dealkylation sites (N-methyl/N-ethyl adjacent to an activating group) is 1. The van der Waals surface area contributed by atoms with Crippen LogP contribution in [0.2, 0.25) is 0 Å². The summed E-state index contributed by atoms with van der Waals surface area (Å²) in [6.07, 6.45) is 1.60. The highest BCUT2D eigenvalue weighted by molar-refractivity contribution is 6.20. The van der Waals surface area contributed by atoms with Crippen LogP contribution in [-0.2, 0) is 25.3 Å². The van der Waals surface area contributed by atoms with Gasteiger partial charge in [0.1, 0.15) is 11.6 Å². The van der Waals surface area contributed by atoms with Crippen molar-refractivity contribution in [2.45, 2.75) is 11.0 Å². The van der Waals surface area contributed by atoms with Crippen LogP contribution in [0.3, 0.4) is 0 Å². The Kier molecular flexibility index (Phi) is 3.44. The third-order valence-corrected chi connectivity index (χ3v) is 6.25. The number of carbonyl (C=O) groups excluding carboxylic acids is 2. The van der Waals surface area contributed by atoms with E-state index in [0.29, 0.717) is 22.5 Å². The summed E-state index contributed by atoms with van der Waals surface area (Å²) in [5.41, 5.74) is 4.86. The molecule has 0 saturated heterocycles. The van der Waals surface area contributed by atoms with E-state index in [2.05, 4.69) is 12.6 Å². The molecule has 3 heterocycles. The van der Waals surface area contributed by atoms with E-state index in [1.807, 2.05) is 0 Å². The zero-order valence-electron chi connectivity index (χ0n) is 16.3. The molecule has 30 heavy (non-hydrogen) atoms. The number of hydrogen-bond acceptors (Lipinski definition) is 5. The fourth-order valence-corrected chi connectivity index (χ4v) is 5.12. The first-order valence-electron chi connectivity index (χ1n) is 9.46. The molecule has 2 N–H and O–H groups in total. The van der Waals surface area contributed by atoms with Gasteiger partial charge < -0.3 is 20.3 Å². The van der Waals surface area contributed by atoms with E-state index in [1.165, 1.54) is 9.80 Å². The van der Waals surface area contributed by atoms with Crippen molar-refractivity contribution in [2.75, 3.05) is 23.4 Å². The van der Waals surface area contributed by atoms with Crippen LogP contribution >= 0.6 is 0 Å². The molecule has 2 unspecified atom stereocenters. The van der Waals surface area contributed by atoms with Crippen LogP contribution in [0.5, 0.6) is 0 Å². The lowest BCUT2D eigenvalue weighted by molar-refractivity contribution is -0.148. The molecule has 3 aliphatic rings. The number of nitrogens with two attached hydrogens (primary N) is 1. The molecule has 0 aromatic heterocycles. The van der Waals surface area contributed by atoms with Crippen molar-refractivity contribution in [3.05, 3.63) is 83.8 Å². The summed E-state index contributed by atoms with van der Waals surface area (Å²) in [6, 6.07) is 16.3. The van der Waals surface area contributed by atoms with E-state index in [1.54, 1.807) is 61.7 Å². The highest BCUT2D eigenvalue weighted by Crippen LogP contribution is 2.65. The number of hydrogen-bond donors (Lipinski definition) is 1. The summed E-state index contributed by atoms with van der Waals surface area (Å²) in [6.45, 7) is 3.97. The number of fused-ring (bicyclic) bond motifs is 5. The molecule has 2 spiro atoms. The van der Waals surface area contributed by atoms with Gasteiger partial charge in [-0.3, -0.25) is 9.59 Å². The molecule has 2 amide bonds. The maximum Gasteiger partial charge on any atom is 0.277 e. The molecule has 0 radical (unpaired) electrons. The summed E-state index contributed by atoms with van der Waals surface area (Å²) >= 11 is 0. The summed E-state index contributed by atoms with van der Waals surface area (Å²) < 4.78 is 6.08. The second-order valence-corrected chi connectivity index (χ2v) is 7.49. The van der Waals surface area contributed by atoms with Crippen LogP contribution in [0.1, 0.15) is 11.1 Å². The van der Waals surface area contributed by atoms with Crippen LogP contribution in [0.15, 0.2) is 72.6 Å². The lowest BCUT2D eigenvalue weighted by Crippen LogP contribution is -2.58. The van der Waals surface area contributed by atoms with Crippen LogP contribution in [-0.4, -0.2) is 25.4 Å². The Hall–Kier alpha value is -4.05. The fourth-order valence-electron chi connectivity index (χ4n) is 5.12. The number of carbonyl (C=O) groups is 2. The van der Waals surface area contributed by atoms with Crippen molar-refractivity contribution < 1.29 is 14.3 Å². The second-order valence-electron chi connectivity index (χ2n) is 7.49. The first kappa shape index (κ1) is 18.0. The minimum Gasteiger partial charge on any atom is -0.455 e. The van der Waals surface area contributed by atoms with Gasteiger partial charge in [0, 0.05) is 30.4 Å². The average Bonchev–Trinajstić information content (AvgIpc) is 3.26. The SMILES string of the molecule is C=CCN1C(=O)C2(C(C#N)=C(N)OC23C(=O)N(C)c2ccccc23)c2ccccc21. The first-order chi connectivity index (χ1) is 14.5. The number of rotatable bonds is 2. The predicted molar refractivity (Wildman–Crippen MR) is 110 cm³/mol. The van der Waals surface area contributed by atoms with Crippen LogP contribution < -0.4 is 15.5 Å². The van der Waals surface area contributed by atoms with Gasteiger partial charge in [-0.1, -0.05) is 42.5 Å². The monoisotopic (exact) mass is 398 g/mol. The van der Waals surface area contributed by atoms with E-state index in [9.17, 15) is 14.9 Å². The Bertz CT molecular complexity index is 1230. The van der Waals surface area contributed by atoms with Crippen LogP contribution in [0, 0.1) is 11.3 Å². The summed E-state index contributed by atoms with van der Waals surface area (Å²) in [4.78, 5) is 30.9. The minimum atomic E-state index is -1.80. The van der Waals surface area contributed by atoms with Gasteiger partial charge in [0.25, 0.3) is 5.91 Å². The smallest absolute Gasteiger partial charge is 0.277 e. The van der Waals surface area contributed by atoms with Gasteiger partial charge >= 0.3 is 0 Å². The zero-order valence-corrected chi connectivity index (χ0v) is 16.3. The van der Waals surface area contributed by atoms with E-state index in [0.717, 1.165) is 0 Å². The van der Waals surface area contributed by atoms with Gasteiger partial charge in [0.15, 0.2) is 5.41 Å². The lowest BCUT2D eigenvalue weighted by atomic mass is 9.62. The molecule has 7 heteroatoms. The van der Waals surface area contributed by atoms with E-state index < -0.39 is 22.8 Å². The molecule has 2 aromatic rings. The van der Waals surface area contributed by atoms with Gasteiger partial charge in [-0.15, -0.1) is 6.58 Å². The molecular weight excluding hydrogens is 380 g/mol. The number of para-hydroxylation sites is 2. The van der Waals surface area contributed by atoms with Crippen molar-refractivity contribution in [3.8, 4) is 6.07 Å². The van der Waals surface area contributed by atoms with E-state index >= 15 is 0 Å². The third-order valence-electron chi connectivity index (χ3n) is 6.25. The third kappa shape index (κ3) is 1.67. The number of amides is 2. The van der Waals surface area contributed by atoms with Crippen LogP contribution in [0.4, 0.5) is 11.4 Å². The van der Waals surface area contributed by atoms with Crippen LogP contribution in [0.25, 0.3) is 0 Å². The van der Waals surface area contributed by atoms with Crippen molar-refractivity contribution in [2.24, 2.45) is 5.73 Å². The quantitative estimate of drug-likeness (QED) is 0.781. The largest absolute Gasteiger partial charge is 0.455 e. The van der Waals surface area contributed by atoms with E-state index in [-0.39, 0.29) is 18.0 Å². The minimum absolute atomic E-state index is 0.0510. The second kappa shape index (κ2) is 5.74. The molecule has 2 atom stereocenters. The molecule has 2 aromatic carbocycles. The van der Waals surface area contributed by atoms with Crippen molar-refractivity contribution in [1.82, 2.24) is 0 Å². The summed E-state index contributed by atoms with van der Waals surface area (Å²) in [5.74, 6) is -1.08. The normalized spacial score (nSPS) is 26.3. The number of nitrogens with zero attached hydrogens (tertiary/aromatic N) is 3. The molecule has 148 valence electrons. The number of benzene rings is 2. The molecular formula is C23H18N4O3.